The number of hydrogen-bond acceptors (Lipinski definition) is 4. The van der Waals surface area contributed by atoms with Gasteiger partial charge in [0.2, 0.25) is 0 Å². The van der Waals surface area contributed by atoms with Crippen molar-refractivity contribution in [1.29, 1.82) is 0 Å². The number of hydrogen-bond donors (Lipinski definition) is 2. The Hall–Kier alpha value is -1.73. The first-order chi connectivity index (χ1) is 10.3. The van der Waals surface area contributed by atoms with Crippen molar-refractivity contribution in [3.8, 4) is 0 Å². The molecule has 1 saturated heterocycles. The lowest BCUT2D eigenvalue weighted by atomic mass is 9.77. The summed E-state index contributed by atoms with van der Waals surface area (Å²) in [7, 11) is 0. The van der Waals surface area contributed by atoms with Gasteiger partial charge < -0.3 is 10.6 Å². The van der Waals surface area contributed by atoms with E-state index in [-0.39, 0.29) is 29.4 Å². The van der Waals surface area contributed by atoms with E-state index in [4.69, 9.17) is 0 Å². The minimum Gasteiger partial charge on any atom is -0.350 e. The fraction of sp³-hybridized carbons (Fsp3) is 0.533. The van der Waals surface area contributed by atoms with E-state index >= 15 is 0 Å². The quantitative estimate of drug-likeness (QED) is 0.649. The minimum absolute atomic E-state index is 0. The van der Waals surface area contributed by atoms with Gasteiger partial charge in [-0.2, -0.15) is 0 Å². The molecular formula is C15H21ClFN3O3. The number of benzene rings is 1. The van der Waals surface area contributed by atoms with Crippen LogP contribution in [-0.4, -0.2) is 30.0 Å². The molecule has 0 bridgehead atoms. The van der Waals surface area contributed by atoms with E-state index in [1.807, 2.05) is 0 Å². The van der Waals surface area contributed by atoms with Crippen molar-refractivity contribution in [2.24, 2.45) is 5.41 Å². The molecule has 23 heavy (non-hydrogen) atoms. The van der Waals surface area contributed by atoms with Crippen molar-refractivity contribution < 1.29 is 14.1 Å². The summed E-state index contributed by atoms with van der Waals surface area (Å²) < 4.78 is 13.3. The Kier molecular flexibility index (Phi) is 6.47. The highest BCUT2D eigenvalue weighted by Crippen LogP contribution is 2.29. The number of piperidine rings is 1. The maximum atomic E-state index is 13.3. The van der Waals surface area contributed by atoms with Crippen molar-refractivity contribution in [2.75, 3.05) is 13.1 Å². The molecule has 1 aliphatic rings. The zero-order valence-corrected chi connectivity index (χ0v) is 13.9. The third-order valence-corrected chi connectivity index (χ3v) is 4.20. The van der Waals surface area contributed by atoms with Gasteiger partial charge in [0.15, 0.2) is 0 Å². The van der Waals surface area contributed by atoms with Gasteiger partial charge in [0.25, 0.3) is 11.6 Å². The molecule has 6 nitrogen and oxygen atoms in total. The molecule has 1 aromatic carbocycles. The van der Waals surface area contributed by atoms with Gasteiger partial charge in [-0.05, 0) is 36.9 Å². The van der Waals surface area contributed by atoms with Crippen LogP contribution in [0, 0.1) is 21.3 Å². The van der Waals surface area contributed by atoms with Gasteiger partial charge in [-0.1, -0.05) is 13.8 Å². The molecule has 0 radical (unpaired) electrons. The van der Waals surface area contributed by atoms with Crippen LogP contribution in [0.25, 0.3) is 0 Å². The first kappa shape index (κ1) is 19.3. The van der Waals surface area contributed by atoms with E-state index in [0.29, 0.717) is 6.54 Å². The molecule has 8 heteroatoms. The molecule has 0 spiro atoms. The summed E-state index contributed by atoms with van der Waals surface area (Å²) in [6, 6.07) is 2.96. The van der Waals surface area contributed by atoms with Crippen molar-refractivity contribution in [2.45, 2.75) is 32.7 Å². The Bertz CT molecular complexity index is 595. The summed E-state index contributed by atoms with van der Waals surface area (Å²) in [5, 5.41) is 17.0. The van der Waals surface area contributed by atoms with E-state index < -0.39 is 22.3 Å². The van der Waals surface area contributed by atoms with E-state index in [0.717, 1.165) is 37.6 Å². The number of amides is 1. The van der Waals surface area contributed by atoms with Gasteiger partial charge in [0.05, 0.1) is 4.92 Å². The molecule has 1 heterocycles. The standard InChI is InChI=1S/C15H20FN3O3.ClH/c1-15(2)6-3-7-17-13(15)9-18-14(20)11-8-10(16)4-5-12(11)19(21)22;/h4-5,8,13,17H,3,6-7,9H2,1-2H3,(H,18,20);1H. The smallest absolute Gasteiger partial charge is 0.282 e. The maximum absolute atomic E-state index is 13.3. The summed E-state index contributed by atoms with van der Waals surface area (Å²) in [4.78, 5) is 22.4. The van der Waals surface area contributed by atoms with Crippen LogP contribution in [0.5, 0.6) is 0 Å². The van der Waals surface area contributed by atoms with Gasteiger partial charge in [0.1, 0.15) is 11.4 Å². The van der Waals surface area contributed by atoms with Crippen LogP contribution in [0.15, 0.2) is 18.2 Å². The lowest BCUT2D eigenvalue weighted by Crippen LogP contribution is -2.52. The number of nitro benzene ring substituents is 1. The van der Waals surface area contributed by atoms with Crippen molar-refractivity contribution in [3.05, 3.63) is 39.7 Å². The molecule has 1 aliphatic heterocycles. The normalized spacial score (nSPS) is 19.5. The zero-order valence-electron chi connectivity index (χ0n) is 13.1. The maximum Gasteiger partial charge on any atom is 0.282 e. The number of nitro groups is 1. The first-order valence-corrected chi connectivity index (χ1v) is 7.27. The van der Waals surface area contributed by atoms with E-state index in [2.05, 4.69) is 24.5 Å². The highest BCUT2D eigenvalue weighted by atomic mass is 35.5. The number of nitrogens with zero attached hydrogens (tertiary/aromatic N) is 1. The second-order valence-corrected chi connectivity index (χ2v) is 6.23. The Labute approximate surface area is 140 Å². The molecule has 1 aromatic rings. The lowest BCUT2D eigenvalue weighted by molar-refractivity contribution is -0.385. The predicted molar refractivity (Wildman–Crippen MR) is 87.4 cm³/mol. The summed E-state index contributed by atoms with van der Waals surface area (Å²) in [5.41, 5.74) is -0.618. The third kappa shape index (κ3) is 4.62. The lowest BCUT2D eigenvalue weighted by Gasteiger charge is -2.39. The van der Waals surface area contributed by atoms with E-state index in [1.54, 1.807) is 0 Å². The monoisotopic (exact) mass is 345 g/mol. The number of halogens is 2. The molecule has 0 aromatic heterocycles. The molecule has 1 unspecified atom stereocenters. The van der Waals surface area contributed by atoms with Gasteiger partial charge in [-0.3, -0.25) is 14.9 Å². The first-order valence-electron chi connectivity index (χ1n) is 7.27. The summed E-state index contributed by atoms with van der Waals surface area (Å²) >= 11 is 0. The van der Waals surface area contributed by atoms with Crippen LogP contribution in [0.2, 0.25) is 0 Å². The molecule has 1 atom stereocenters. The Morgan fingerprint density at radius 1 is 1.52 bits per heavy atom. The average Bonchev–Trinajstić information content (AvgIpc) is 2.45. The largest absolute Gasteiger partial charge is 0.350 e. The molecule has 1 fully saturated rings. The summed E-state index contributed by atoms with van der Waals surface area (Å²) in [5.74, 6) is -1.30. The Morgan fingerprint density at radius 3 is 2.83 bits per heavy atom. The van der Waals surface area contributed by atoms with Crippen LogP contribution in [-0.2, 0) is 0 Å². The van der Waals surface area contributed by atoms with Gasteiger partial charge in [0, 0.05) is 18.7 Å². The summed E-state index contributed by atoms with van der Waals surface area (Å²) in [6.45, 7) is 5.45. The second-order valence-electron chi connectivity index (χ2n) is 6.23. The molecule has 128 valence electrons. The molecule has 2 rings (SSSR count). The van der Waals surface area contributed by atoms with Crippen LogP contribution in [0.4, 0.5) is 10.1 Å². The molecule has 0 saturated carbocycles. The fourth-order valence-electron chi connectivity index (χ4n) is 2.76. The van der Waals surface area contributed by atoms with Crippen LogP contribution >= 0.6 is 12.4 Å². The second kappa shape index (κ2) is 7.70. The molecule has 1 amide bonds. The number of carbonyl (C=O) groups excluding carboxylic acids is 1. The van der Waals surface area contributed by atoms with Crippen molar-refractivity contribution in [3.63, 3.8) is 0 Å². The highest BCUT2D eigenvalue weighted by Gasteiger charge is 2.32. The minimum atomic E-state index is -0.683. The highest BCUT2D eigenvalue weighted by molar-refractivity contribution is 5.98. The van der Waals surface area contributed by atoms with Gasteiger partial charge in [-0.15, -0.1) is 12.4 Å². The predicted octanol–water partition coefficient (Wildman–Crippen LogP) is 2.66. The molecule has 2 N–H and O–H groups in total. The molecule has 0 aliphatic carbocycles. The van der Waals surface area contributed by atoms with Crippen LogP contribution in [0.1, 0.15) is 37.0 Å². The van der Waals surface area contributed by atoms with Crippen LogP contribution < -0.4 is 10.6 Å². The van der Waals surface area contributed by atoms with E-state index in [9.17, 15) is 19.3 Å². The average molecular weight is 346 g/mol. The summed E-state index contributed by atoms with van der Waals surface area (Å²) in [6.07, 6.45) is 2.12. The fourth-order valence-corrected chi connectivity index (χ4v) is 2.76. The number of carbonyl (C=O) groups is 1. The van der Waals surface area contributed by atoms with Gasteiger partial charge in [-0.25, -0.2) is 4.39 Å². The Morgan fingerprint density at radius 2 is 2.22 bits per heavy atom. The molecular weight excluding hydrogens is 325 g/mol. The van der Waals surface area contributed by atoms with Crippen molar-refractivity contribution >= 4 is 24.0 Å². The topological polar surface area (TPSA) is 84.3 Å². The Balaban J connectivity index is 0.00000264. The van der Waals surface area contributed by atoms with Crippen LogP contribution in [0.3, 0.4) is 0 Å². The van der Waals surface area contributed by atoms with Gasteiger partial charge >= 0.3 is 0 Å². The number of rotatable bonds is 4. The zero-order chi connectivity index (χ0) is 16.3. The third-order valence-electron chi connectivity index (χ3n) is 4.20. The van der Waals surface area contributed by atoms with E-state index in [1.165, 1.54) is 0 Å². The number of nitrogens with one attached hydrogen (secondary N) is 2. The van der Waals surface area contributed by atoms with Crippen molar-refractivity contribution in [1.82, 2.24) is 10.6 Å². The SMILES string of the molecule is CC1(C)CCCNC1CNC(=O)c1cc(F)ccc1[N+](=O)[O-].Cl.